The van der Waals surface area contributed by atoms with Gasteiger partial charge in [0.05, 0.1) is 12.1 Å². The molecule has 11 heteroatoms. The van der Waals surface area contributed by atoms with E-state index in [1.54, 1.807) is 20.8 Å². The van der Waals surface area contributed by atoms with Gasteiger partial charge in [0.1, 0.15) is 11.6 Å². The molecule has 1 aliphatic rings. The van der Waals surface area contributed by atoms with Crippen molar-refractivity contribution in [2.24, 2.45) is 0 Å². The molecule has 0 bridgehead atoms. The SMILES string of the molecule is O=C(c1ccc(-c2cccs2)cc1)N1CCn2c(nnc2-c2nc(-c3ccc(F)cc3F)no2)C1. The molecule has 0 saturated heterocycles. The maximum atomic E-state index is 14.1. The molecule has 0 spiro atoms. The predicted molar refractivity (Wildman–Crippen MR) is 123 cm³/mol. The molecule has 4 heterocycles. The van der Waals surface area contributed by atoms with Crippen molar-refractivity contribution in [3.8, 4) is 33.5 Å². The summed E-state index contributed by atoms with van der Waals surface area (Å²) in [5, 5.41) is 14.1. The molecular formula is C24H16F2N6O2S. The minimum Gasteiger partial charge on any atom is -0.330 e. The number of carbonyl (C=O) groups excluding carboxylic acids is 1. The Kier molecular flexibility index (Phi) is 5.18. The van der Waals surface area contributed by atoms with Crippen molar-refractivity contribution >= 4 is 17.2 Å². The largest absolute Gasteiger partial charge is 0.330 e. The quantitative estimate of drug-likeness (QED) is 0.364. The van der Waals surface area contributed by atoms with Crippen molar-refractivity contribution in [1.82, 2.24) is 29.8 Å². The highest BCUT2D eigenvalue weighted by molar-refractivity contribution is 7.13. The Morgan fingerprint density at radius 1 is 1.03 bits per heavy atom. The lowest BCUT2D eigenvalue weighted by atomic mass is 10.1. The predicted octanol–water partition coefficient (Wildman–Crippen LogP) is 4.66. The second-order valence-electron chi connectivity index (χ2n) is 7.92. The third-order valence-electron chi connectivity index (χ3n) is 5.77. The van der Waals surface area contributed by atoms with Gasteiger partial charge in [-0.3, -0.25) is 4.79 Å². The summed E-state index contributed by atoms with van der Waals surface area (Å²) in [7, 11) is 0. The molecule has 1 amide bonds. The number of nitrogens with zero attached hydrogens (tertiary/aromatic N) is 6. The minimum atomic E-state index is -0.793. The van der Waals surface area contributed by atoms with E-state index in [2.05, 4.69) is 20.3 Å². The monoisotopic (exact) mass is 490 g/mol. The number of hydrogen-bond donors (Lipinski definition) is 0. The van der Waals surface area contributed by atoms with E-state index < -0.39 is 11.6 Å². The molecule has 0 saturated carbocycles. The van der Waals surface area contributed by atoms with Crippen molar-refractivity contribution in [1.29, 1.82) is 0 Å². The molecule has 6 rings (SSSR count). The van der Waals surface area contributed by atoms with Crippen LogP contribution < -0.4 is 0 Å². The Labute approximate surface area is 201 Å². The summed E-state index contributed by atoms with van der Waals surface area (Å²) < 4.78 is 34.4. The Morgan fingerprint density at radius 3 is 2.66 bits per heavy atom. The molecule has 5 aromatic rings. The van der Waals surface area contributed by atoms with Crippen LogP contribution in [-0.2, 0) is 13.1 Å². The number of aromatic nitrogens is 5. The fourth-order valence-corrected chi connectivity index (χ4v) is 4.72. The van der Waals surface area contributed by atoms with Gasteiger partial charge in [0.15, 0.2) is 5.82 Å². The molecule has 0 aliphatic carbocycles. The lowest BCUT2D eigenvalue weighted by Gasteiger charge is -2.27. The number of benzene rings is 2. The van der Waals surface area contributed by atoms with Gasteiger partial charge in [-0.25, -0.2) is 8.78 Å². The first-order valence-corrected chi connectivity index (χ1v) is 11.6. The van der Waals surface area contributed by atoms with E-state index in [9.17, 15) is 13.6 Å². The first-order valence-electron chi connectivity index (χ1n) is 10.7. The van der Waals surface area contributed by atoms with Crippen LogP contribution in [0.3, 0.4) is 0 Å². The van der Waals surface area contributed by atoms with Crippen molar-refractivity contribution in [2.45, 2.75) is 13.1 Å². The van der Waals surface area contributed by atoms with Gasteiger partial charge in [0, 0.05) is 29.6 Å². The van der Waals surface area contributed by atoms with Gasteiger partial charge in [0.25, 0.3) is 11.8 Å². The van der Waals surface area contributed by atoms with Gasteiger partial charge in [0.2, 0.25) is 11.6 Å². The molecule has 8 nitrogen and oxygen atoms in total. The Morgan fingerprint density at radius 2 is 1.89 bits per heavy atom. The number of hydrogen-bond acceptors (Lipinski definition) is 7. The van der Waals surface area contributed by atoms with Crippen LogP contribution >= 0.6 is 11.3 Å². The zero-order chi connectivity index (χ0) is 23.9. The zero-order valence-corrected chi connectivity index (χ0v) is 18.9. The van der Waals surface area contributed by atoms with E-state index in [1.807, 2.05) is 41.8 Å². The summed E-state index contributed by atoms with van der Waals surface area (Å²) >= 11 is 1.65. The highest BCUT2D eigenvalue weighted by Gasteiger charge is 2.28. The van der Waals surface area contributed by atoms with Crippen molar-refractivity contribution in [3.63, 3.8) is 0 Å². The summed E-state index contributed by atoms with van der Waals surface area (Å²) in [6, 6.07) is 14.7. The molecule has 35 heavy (non-hydrogen) atoms. The van der Waals surface area contributed by atoms with Crippen LogP contribution in [0.4, 0.5) is 8.78 Å². The standard InChI is InChI=1S/C24H16F2N6O2S/c25-16-7-8-17(18(26)12-16)21-27-23(34-30-21)22-29-28-20-13-31(9-10-32(20)22)24(33)15-5-3-14(4-6-15)19-2-1-11-35-19/h1-8,11-12H,9-10,13H2. The highest BCUT2D eigenvalue weighted by Crippen LogP contribution is 2.27. The molecule has 0 radical (unpaired) electrons. The van der Waals surface area contributed by atoms with Crippen LogP contribution in [0, 0.1) is 11.6 Å². The normalized spacial score (nSPS) is 13.1. The van der Waals surface area contributed by atoms with E-state index in [0.717, 1.165) is 22.6 Å². The van der Waals surface area contributed by atoms with E-state index in [4.69, 9.17) is 4.52 Å². The van der Waals surface area contributed by atoms with E-state index in [1.165, 1.54) is 6.07 Å². The third-order valence-corrected chi connectivity index (χ3v) is 6.69. The summed E-state index contributed by atoms with van der Waals surface area (Å²) in [6.07, 6.45) is 0. The molecule has 174 valence electrons. The van der Waals surface area contributed by atoms with Gasteiger partial charge < -0.3 is 14.0 Å². The Bertz CT molecular complexity index is 1530. The van der Waals surface area contributed by atoms with Gasteiger partial charge in [-0.05, 0) is 41.3 Å². The minimum absolute atomic E-state index is 0.0154. The fourth-order valence-electron chi connectivity index (χ4n) is 3.99. The van der Waals surface area contributed by atoms with Crippen LogP contribution in [0.5, 0.6) is 0 Å². The van der Waals surface area contributed by atoms with Crippen molar-refractivity contribution in [3.05, 3.63) is 83.0 Å². The Hall–Kier alpha value is -4.25. The number of thiophene rings is 1. The van der Waals surface area contributed by atoms with Crippen LogP contribution in [0.2, 0.25) is 0 Å². The van der Waals surface area contributed by atoms with E-state index >= 15 is 0 Å². The van der Waals surface area contributed by atoms with E-state index in [0.29, 0.717) is 30.3 Å². The third kappa shape index (κ3) is 3.89. The van der Waals surface area contributed by atoms with Gasteiger partial charge in [-0.15, -0.1) is 21.5 Å². The number of fused-ring (bicyclic) bond motifs is 1. The Balaban J connectivity index is 1.20. The van der Waals surface area contributed by atoms with Crippen LogP contribution in [0.1, 0.15) is 16.2 Å². The van der Waals surface area contributed by atoms with Gasteiger partial charge >= 0.3 is 0 Å². The molecule has 0 N–H and O–H groups in total. The maximum absolute atomic E-state index is 14.1. The number of rotatable bonds is 4. The van der Waals surface area contributed by atoms with Crippen molar-refractivity contribution < 1.29 is 18.1 Å². The summed E-state index contributed by atoms with van der Waals surface area (Å²) in [4.78, 5) is 20.1. The summed E-state index contributed by atoms with van der Waals surface area (Å²) in [5.41, 5.74) is 1.68. The van der Waals surface area contributed by atoms with Crippen LogP contribution in [-0.4, -0.2) is 42.3 Å². The average Bonchev–Trinajstić information content (AvgIpc) is 3.64. The molecule has 3 aromatic heterocycles. The molecule has 1 aliphatic heterocycles. The fraction of sp³-hybridized carbons (Fsp3) is 0.125. The first-order chi connectivity index (χ1) is 17.1. The number of amides is 1. The smallest absolute Gasteiger partial charge is 0.296 e. The van der Waals surface area contributed by atoms with Gasteiger partial charge in [-0.2, -0.15) is 4.98 Å². The molecule has 0 fully saturated rings. The van der Waals surface area contributed by atoms with Crippen LogP contribution in [0.15, 0.2) is 64.5 Å². The van der Waals surface area contributed by atoms with Gasteiger partial charge in [-0.1, -0.05) is 23.4 Å². The number of carbonyl (C=O) groups is 1. The van der Waals surface area contributed by atoms with Crippen LogP contribution in [0.25, 0.3) is 33.5 Å². The average molecular weight is 490 g/mol. The zero-order valence-electron chi connectivity index (χ0n) is 18.1. The lowest BCUT2D eigenvalue weighted by molar-refractivity contribution is 0.0708. The summed E-state index contributed by atoms with van der Waals surface area (Å²) in [6.45, 7) is 1.14. The summed E-state index contributed by atoms with van der Waals surface area (Å²) in [5.74, 6) is -0.640. The van der Waals surface area contributed by atoms with E-state index in [-0.39, 0.29) is 29.7 Å². The number of halogens is 2. The second kappa shape index (κ2) is 8.51. The second-order valence-corrected chi connectivity index (χ2v) is 8.87. The maximum Gasteiger partial charge on any atom is 0.296 e. The lowest BCUT2D eigenvalue weighted by Crippen LogP contribution is -2.38. The molecule has 0 unspecified atom stereocenters. The first kappa shape index (κ1) is 21.3. The molecule has 2 aromatic carbocycles. The highest BCUT2D eigenvalue weighted by atomic mass is 32.1. The molecular weight excluding hydrogens is 474 g/mol. The molecule has 0 atom stereocenters. The topological polar surface area (TPSA) is 89.9 Å². The van der Waals surface area contributed by atoms with Crippen molar-refractivity contribution in [2.75, 3.05) is 6.54 Å².